The molecule has 1 fully saturated rings. The number of carbonyl (C=O) groups is 1. The summed E-state index contributed by atoms with van der Waals surface area (Å²) in [4.78, 5) is 17.1. The van der Waals surface area contributed by atoms with Gasteiger partial charge in [-0.15, -0.1) is 0 Å². The average Bonchev–Trinajstić information content (AvgIpc) is 2.90. The molecular weight excluding hydrogens is 436 g/mol. The molecule has 1 atom stereocenters. The number of piperidine rings is 1. The molecule has 6 nitrogen and oxygen atoms in total. The molecule has 0 radical (unpaired) electrons. The van der Waals surface area contributed by atoms with Gasteiger partial charge in [0.25, 0.3) is 0 Å². The highest BCUT2D eigenvalue weighted by molar-refractivity contribution is 5.70. The summed E-state index contributed by atoms with van der Waals surface area (Å²) in [7, 11) is 0. The number of rotatable bonds is 13. The Balaban J connectivity index is 1.45. The molecule has 6 heteroatoms. The van der Waals surface area contributed by atoms with Crippen molar-refractivity contribution in [3.63, 3.8) is 0 Å². The van der Waals surface area contributed by atoms with E-state index >= 15 is 0 Å². The van der Waals surface area contributed by atoms with Crippen LogP contribution in [0, 0.1) is 0 Å². The molecule has 0 aromatic heterocycles. The normalized spacial score (nSPS) is 16.5. The number of nitrogens with one attached hydrogen (secondary N) is 1. The van der Waals surface area contributed by atoms with E-state index in [0.29, 0.717) is 25.6 Å². The third kappa shape index (κ3) is 7.71. The molecule has 0 aliphatic carbocycles. The lowest BCUT2D eigenvalue weighted by Crippen LogP contribution is -2.55. The van der Waals surface area contributed by atoms with Gasteiger partial charge in [-0.1, -0.05) is 42.5 Å². The number of hydrogen-bond acceptors (Lipinski definition) is 6. The summed E-state index contributed by atoms with van der Waals surface area (Å²) in [6.07, 6.45) is 4.29. The van der Waals surface area contributed by atoms with Crippen molar-refractivity contribution in [2.75, 3.05) is 42.9 Å². The van der Waals surface area contributed by atoms with Crippen LogP contribution in [0.4, 0.5) is 11.4 Å². The first-order valence-corrected chi connectivity index (χ1v) is 13.2. The molecule has 2 aromatic rings. The number of carbonyl (C=O) groups excluding carboxylic acids is 1. The Hall–Kier alpha value is -2.57. The molecule has 3 N–H and O–H groups in total. The Morgan fingerprint density at radius 1 is 1.09 bits per heavy atom. The van der Waals surface area contributed by atoms with Gasteiger partial charge in [-0.25, -0.2) is 0 Å². The highest BCUT2D eigenvalue weighted by Gasteiger charge is 2.33. The fourth-order valence-electron chi connectivity index (χ4n) is 5.03. The first kappa shape index (κ1) is 27.0. The number of esters is 1. The van der Waals surface area contributed by atoms with Crippen LogP contribution in [0.15, 0.2) is 54.6 Å². The lowest BCUT2D eigenvalue weighted by atomic mass is 9.89. The van der Waals surface area contributed by atoms with Crippen LogP contribution in [0.1, 0.15) is 58.4 Å². The fraction of sp³-hybridized carbons (Fsp3) is 0.552. The van der Waals surface area contributed by atoms with Gasteiger partial charge in [0.1, 0.15) is 6.61 Å². The van der Waals surface area contributed by atoms with E-state index in [-0.39, 0.29) is 11.5 Å². The van der Waals surface area contributed by atoms with E-state index in [4.69, 9.17) is 10.5 Å². The van der Waals surface area contributed by atoms with Gasteiger partial charge < -0.3 is 20.7 Å². The van der Waals surface area contributed by atoms with Crippen LogP contribution in [0.3, 0.4) is 0 Å². The van der Waals surface area contributed by atoms with Gasteiger partial charge in [-0.05, 0) is 64.2 Å². The molecule has 1 heterocycles. The number of nitrogens with two attached hydrogens (primary N) is 1. The zero-order chi connectivity index (χ0) is 25.1. The molecular formula is C29H44N4O2. The molecule has 1 saturated heterocycles. The quantitative estimate of drug-likeness (QED) is 0.392. The maximum absolute atomic E-state index is 12.2. The average molecular weight is 481 g/mol. The fourth-order valence-corrected chi connectivity index (χ4v) is 5.03. The maximum Gasteiger partial charge on any atom is 0.306 e. The predicted octanol–water partition coefficient (Wildman–Crippen LogP) is 5.04. The highest BCUT2D eigenvalue weighted by atomic mass is 16.5. The van der Waals surface area contributed by atoms with Gasteiger partial charge in [-0.3, -0.25) is 9.69 Å². The van der Waals surface area contributed by atoms with Crippen molar-refractivity contribution in [1.29, 1.82) is 0 Å². The van der Waals surface area contributed by atoms with E-state index in [1.165, 1.54) is 11.4 Å². The zero-order valence-electron chi connectivity index (χ0n) is 21.8. The van der Waals surface area contributed by atoms with Crippen LogP contribution in [-0.4, -0.2) is 55.2 Å². The number of hydrogen-bond donors (Lipinski definition) is 2. The molecule has 2 aromatic carbocycles. The van der Waals surface area contributed by atoms with Crippen molar-refractivity contribution in [1.82, 2.24) is 4.90 Å². The third-order valence-corrected chi connectivity index (χ3v) is 7.40. The molecule has 0 spiro atoms. The number of ether oxygens (including phenoxy) is 1. The van der Waals surface area contributed by atoms with Crippen molar-refractivity contribution in [2.45, 2.75) is 71.1 Å². The first-order chi connectivity index (χ1) is 17.0. The molecule has 192 valence electrons. The molecule has 1 unspecified atom stereocenters. The number of benzene rings is 2. The second kappa shape index (κ2) is 13.5. The van der Waals surface area contributed by atoms with Crippen LogP contribution in [0.5, 0.6) is 0 Å². The molecule has 1 aliphatic rings. The Morgan fingerprint density at radius 3 is 2.40 bits per heavy atom. The van der Waals surface area contributed by atoms with E-state index in [1.54, 1.807) is 0 Å². The molecule has 0 bridgehead atoms. The molecule has 35 heavy (non-hydrogen) atoms. The predicted molar refractivity (Wildman–Crippen MR) is 146 cm³/mol. The van der Waals surface area contributed by atoms with Gasteiger partial charge in [-0.2, -0.15) is 0 Å². The summed E-state index contributed by atoms with van der Waals surface area (Å²) < 4.78 is 5.44. The Bertz CT molecular complexity index is 895. The second-order valence-corrected chi connectivity index (χ2v) is 9.80. The summed E-state index contributed by atoms with van der Waals surface area (Å²) in [5.74, 6) is -0.136. The molecule has 0 amide bonds. The van der Waals surface area contributed by atoms with Crippen molar-refractivity contribution >= 4 is 17.3 Å². The summed E-state index contributed by atoms with van der Waals surface area (Å²) in [5.41, 5.74) is 9.69. The summed E-state index contributed by atoms with van der Waals surface area (Å²) >= 11 is 0. The minimum atomic E-state index is -0.136. The van der Waals surface area contributed by atoms with Crippen LogP contribution in [0.2, 0.25) is 0 Å². The van der Waals surface area contributed by atoms with E-state index in [2.05, 4.69) is 60.2 Å². The third-order valence-electron chi connectivity index (χ3n) is 7.40. The Kier molecular flexibility index (Phi) is 10.4. The summed E-state index contributed by atoms with van der Waals surface area (Å²) in [6.45, 7) is 11.6. The van der Waals surface area contributed by atoms with E-state index in [0.717, 1.165) is 57.4 Å². The SMILES string of the molecule is CCN(CC)c1ccccc1NC1CCN(C(C)(CN)CCCC(=O)OCc2ccccc2)CC1. The van der Waals surface area contributed by atoms with E-state index < -0.39 is 0 Å². The number of likely N-dealkylation sites (tertiary alicyclic amines) is 1. The standard InChI is InChI=1S/C29H44N4O2/c1-4-32(5-2)27-15-10-9-14-26(27)31-25-17-20-33(21-18-25)29(3,23-30)19-11-16-28(34)35-22-24-12-7-6-8-13-24/h6-10,12-15,25,31H,4-5,11,16-23,30H2,1-3H3. The van der Waals surface area contributed by atoms with Crippen molar-refractivity contribution in [3.05, 3.63) is 60.2 Å². The molecule has 0 saturated carbocycles. The van der Waals surface area contributed by atoms with Crippen molar-refractivity contribution in [3.8, 4) is 0 Å². The monoisotopic (exact) mass is 480 g/mol. The highest BCUT2D eigenvalue weighted by Crippen LogP contribution is 2.30. The van der Waals surface area contributed by atoms with Crippen LogP contribution < -0.4 is 16.0 Å². The number of para-hydroxylation sites is 2. The first-order valence-electron chi connectivity index (χ1n) is 13.2. The van der Waals surface area contributed by atoms with Crippen molar-refractivity contribution < 1.29 is 9.53 Å². The maximum atomic E-state index is 12.2. The van der Waals surface area contributed by atoms with Gasteiger partial charge in [0, 0.05) is 50.7 Å². The van der Waals surface area contributed by atoms with Gasteiger partial charge in [0.15, 0.2) is 0 Å². The van der Waals surface area contributed by atoms with Crippen LogP contribution >= 0.6 is 0 Å². The second-order valence-electron chi connectivity index (χ2n) is 9.80. The van der Waals surface area contributed by atoms with Crippen LogP contribution in [0.25, 0.3) is 0 Å². The number of nitrogens with zero attached hydrogens (tertiary/aromatic N) is 2. The number of anilines is 2. The topological polar surface area (TPSA) is 70.8 Å². The smallest absolute Gasteiger partial charge is 0.306 e. The van der Waals surface area contributed by atoms with Crippen LogP contribution in [-0.2, 0) is 16.1 Å². The lowest BCUT2D eigenvalue weighted by molar-refractivity contribution is -0.145. The van der Waals surface area contributed by atoms with Gasteiger partial charge >= 0.3 is 5.97 Å². The Labute approximate surface area is 211 Å². The molecule has 3 rings (SSSR count). The largest absolute Gasteiger partial charge is 0.461 e. The van der Waals surface area contributed by atoms with Crippen molar-refractivity contribution in [2.24, 2.45) is 5.73 Å². The van der Waals surface area contributed by atoms with Gasteiger partial charge in [0.05, 0.1) is 11.4 Å². The minimum absolute atomic E-state index is 0.0934. The van der Waals surface area contributed by atoms with E-state index in [9.17, 15) is 4.79 Å². The Morgan fingerprint density at radius 2 is 1.74 bits per heavy atom. The summed E-state index contributed by atoms with van der Waals surface area (Å²) in [5, 5.41) is 3.81. The summed E-state index contributed by atoms with van der Waals surface area (Å²) in [6, 6.07) is 18.9. The van der Waals surface area contributed by atoms with Gasteiger partial charge in [0.2, 0.25) is 0 Å². The zero-order valence-corrected chi connectivity index (χ0v) is 21.8. The van der Waals surface area contributed by atoms with E-state index in [1.807, 2.05) is 30.3 Å². The minimum Gasteiger partial charge on any atom is -0.461 e. The lowest BCUT2D eigenvalue weighted by Gasteiger charge is -2.45. The molecule has 1 aliphatic heterocycles.